The Labute approximate surface area is 178 Å². The lowest BCUT2D eigenvalue weighted by Crippen LogP contribution is -3.09. The average Bonchev–Trinajstić information content (AvgIpc) is 2.89. The van der Waals surface area contributed by atoms with E-state index in [-0.39, 0.29) is 11.4 Å². The Morgan fingerprint density at radius 2 is 1.90 bits per heavy atom. The molecule has 1 unspecified atom stereocenters. The van der Waals surface area contributed by atoms with Gasteiger partial charge in [0.1, 0.15) is 5.75 Å². The Morgan fingerprint density at radius 1 is 1.28 bits per heavy atom. The van der Waals surface area contributed by atoms with E-state index in [0.717, 1.165) is 28.6 Å². The summed E-state index contributed by atoms with van der Waals surface area (Å²) in [6, 6.07) is 7.82. The highest BCUT2D eigenvalue weighted by Gasteiger charge is 2.20. The molecule has 1 atom stereocenters. The molecule has 0 saturated heterocycles. The molecular formula is C21H34N5O2S+. The van der Waals surface area contributed by atoms with Crippen molar-refractivity contribution in [2.75, 3.05) is 20.7 Å². The monoisotopic (exact) mass is 420 g/mol. The summed E-state index contributed by atoms with van der Waals surface area (Å²) in [5.74, 6) is 2.08. The van der Waals surface area contributed by atoms with Crippen LogP contribution in [0.5, 0.6) is 5.75 Å². The van der Waals surface area contributed by atoms with Gasteiger partial charge in [-0.1, -0.05) is 13.8 Å². The van der Waals surface area contributed by atoms with Crippen molar-refractivity contribution in [3.05, 3.63) is 29.0 Å². The molecule has 2 aromatic rings. The van der Waals surface area contributed by atoms with Gasteiger partial charge in [-0.15, -0.1) is 5.10 Å². The number of benzene rings is 1. The summed E-state index contributed by atoms with van der Waals surface area (Å²) < 4.78 is 9.82. The van der Waals surface area contributed by atoms with Gasteiger partial charge in [-0.25, -0.2) is 0 Å². The number of carbonyl (C=O) groups excluding carboxylic acids is 1. The SMILES string of the molecule is COc1ccc(-c2nn(C[NH+](C)CC(=O)NC(C)(C)C)c(=S)n2CC(C)C)cc1. The third kappa shape index (κ3) is 6.68. The third-order valence-electron chi connectivity index (χ3n) is 4.22. The normalized spacial score (nSPS) is 12.8. The fraction of sp³-hybridized carbons (Fsp3) is 0.571. The van der Waals surface area contributed by atoms with E-state index in [0.29, 0.717) is 23.9 Å². The number of nitrogens with zero attached hydrogens (tertiary/aromatic N) is 3. The molecule has 1 aromatic carbocycles. The van der Waals surface area contributed by atoms with E-state index in [4.69, 9.17) is 22.1 Å². The number of methoxy groups -OCH3 is 1. The summed E-state index contributed by atoms with van der Waals surface area (Å²) >= 11 is 5.72. The van der Waals surface area contributed by atoms with Crippen molar-refractivity contribution in [1.82, 2.24) is 19.7 Å². The predicted octanol–water partition coefficient (Wildman–Crippen LogP) is 2.13. The van der Waals surface area contributed by atoms with E-state index in [2.05, 4.69) is 23.7 Å². The van der Waals surface area contributed by atoms with Gasteiger partial charge in [-0.2, -0.15) is 4.68 Å². The topological polar surface area (TPSA) is 65.5 Å². The maximum atomic E-state index is 12.2. The van der Waals surface area contributed by atoms with E-state index in [1.165, 1.54) is 0 Å². The number of nitrogens with one attached hydrogen (secondary N) is 2. The number of amides is 1. The zero-order valence-corrected chi connectivity index (χ0v) is 19.4. The van der Waals surface area contributed by atoms with Crippen molar-refractivity contribution in [2.24, 2.45) is 5.92 Å². The highest BCUT2D eigenvalue weighted by atomic mass is 32.1. The van der Waals surface area contributed by atoms with Crippen molar-refractivity contribution in [1.29, 1.82) is 0 Å². The van der Waals surface area contributed by atoms with Gasteiger partial charge in [0.15, 0.2) is 19.0 Å². The number of quaternary nitrogens is 1. The first-order chi connectivity index (χ1) is 13.5. The number of ether oxygens (including phenoxy) is 1. The number of aromatic nitrogens is 3. The quantitative estimate of drug-likeness (QED) is 0.642. The molecule has 0 spiro atoms. The van der Waals surface area contributed by atoms with Crippen molar-refractivity contribution in [2.45, 2.75) is 53.4 Å². The molecule has 2 N–H and O–H groups in total. The maximum Gasteiger partial charge on any atom is 0.275 e. The van der Waals surface area contributed by atoms with Crippen LogP contribution in [0.2, 0.25) is 0 Å². The van der Waals surface area contributed by atoms with Gasteiger partial charge in [0.25, 0.3) is 5.91 Å². The number of likely N-dealkylation sites (N-methyl/N-ethyl adjacent to an activating group) is 1. The van der Waals surface area contributed by atoms with Crippen LogP contribution in [0.25, 0.3) is 11.4 Å². The molecular weight excluding hydrogens is 386 g/mol. The lowest BCUT2D eigenvalue weighted by molar-refractivity contribution is -0.895. The Hall–Kier alpha value is -2.19. The molecule has 0 saturated carbocycles. The number of hydrogen-bond donors (Lipinski definition) is 2. The van der Waals surface area contributed by atoms with Crippen LogP contribution in [0.1, 0.15) is 34.6 Å². The van der Waals surface area contributed by atoms with E-state index < -0.39 is 0 Å². The molecule has 1 amide bonds. The molecule has 0 aliphatic carbocycles. The first-order valence-corrected chi connectivity index (χ1v) is 10.4. The fourth-order valence-electron chi connectivity index (χ4n) is 3.08. The smallest absolute Gasteiger partial charge is 0.275 e. The largest absolute Gasteiger partial charge is 0.497 e. The summed E-state index contributed by atoms with van der Waals surface area (Å²) in [5.41, 5.74) is 0.744. The molecule has 1 heterocycles. The van der Waals surface area contributed by atoms with Gasteiger partial charge in [0, 0.05) is 17.6 Å². The maximum absolute atomic E-state index is 12.2. The zero-order chi connectivity index (χ0) is 21.8. The van der Waals surface area contributed by atoms with Crippen molar-refractivity contribution in [3.8, 4) is 17.1 Å². The Balaban J connectivity index is 2.27. The lowest BCUT2D eigenvalue weighted by atomic mass is 10.1. The molecule has 0 bridgehead atoms. The van der Waals surface area contributed by atoms with Crippen LogP contribution < -0.4 is 15.0 Å². The van der Waals surface area contributed by atoms with E-state index in [1.807, 2.05) is 56.8 Å². The van der Waals surface area contributed by atoms with Crippen molar-refractivity contribution < 1.29 is 14.4 Å². The molecule has 160 valence electrons. The van der Waals surface area contributed by atoms with Gasteiger partial charge in [0.05, 0.1) is 14.2 Å². The van der Waals surface area contributed by atoms with E-state index in [1.54, 1.807) is 7.11 Å². The van der Waals surface area contributed by atoms with Gasteiger partial charge in [0.2, 0.25) is 4.77 Å². The molecule has 0 aliphatic heterocycles. The molecule has 0 fully saturated rings. The molecule has 2 rings (SSSR count). The predicted molar refractivity (Wildman–Crippen MR) is 118 cm³/mol. The van der Waals surface area contributed by atoms with E-state index >= 15 is 0 Å². The summed E-state index contributed by atoms with van der Waals surface area (Å²) in [5, 5.41) is 7.79. The summed E-state index contributed by atoms with van der Waals surface area (Å²) in [6.45, 7) is 11.9. The van der Waals surface area contributed by atoms with Crippen LogP contribution in [0, 0.1) is 10.7 Å². The van der Waals surface area contributed by atoms with Crippen LogP contribution in [-0.4, -0.2) is 46.5 Å². The second-order valence-electron chi connectivity index (χ2n) is 8.93. The highest BCUT2D eigenvalue weighted by Crippen LogP contribution is 2.22. The van der Waals surface area contributed by atoms with E-state index in [9.17, 15) is 4.79 Å². The standard InChI is InChI=1S/C21H33N5O2S/c1-15(2)12-25-19(16-8-10-17(28-7)11-9-16)23-26(20(25)29)14-24(6)13-18(27)22-21(3,4)5/h8-11,15H,12-14H2,1-7H3,(H,22,27)/p+1. The minimum Gasteiger partial charge on any atom is -0.497 e. The second kappa shape index (κ2) is 9.54. The first kappa shape index (κ1) is 23.1. The Morgan fingerprint density at radius 3 is 2.41 bits per heavy atom. The fourth-order valence-corrected chi connectivity index (χ4v) is 3.34. The minimum absolute atomic E-state index is 0.0125. The summed E-state index contributed by atoms with van der Waals surface area (Å²) in [4.78, 5) is 13.3. The van der Waals surface area contributed by atoms with Gasteiger partial charge >= 0.3 is 0 Å². The minimum atomic E-state index is -0.242. The first-order valence-electron chi connectivity index (χ1n) is 9.94. The molecule has 8 heteroatoms. The van der Waals surface area contributed by atoms with Crippen LogP contribution in [0.4, 0.5) is 0 Å². The Bertz CT molecular complexity index is 878. The van der Waals surface area contributed by atoms with Crippen LogP contribution in [0.3, 0.4) is 0 Å². The van der Waals surface area contributed by atoms with Gasteiger partial charge in [-0.3, -0.25) is 9.36 Å². The third-order valence-corrected chi connectivity index (χ3v) is 4.65. The molecule has 0 aliphatic rings. The summed E-state index contributed by atoms with van der Waals surface area (Å²) in [6.07, 6.45) is 0. The summed E-state index contributed by atoms with van der Waals surface area (Å²) in [7, 11) is 3.62. The number of hydrogen-bond acceptors (Lipinski definition) is 4. The number of rotatable bonds is 8. The molecule has 0 radical (unpaired) electrons. The molecule has 29 heavy (non-hydrogen) atoms. The Kier molecular flexibility index (Phi) is 7.60. The van der Waals surface area contributed by atoms with Crippen LogP contribution in [0.15, 0.2) is 24.3 Å². The van der Waals surface area contributed by atoms with Gasteiger partial charge < -0.3 is 15.0 Å². The van der Waals surface area contributed by atoms with Crippen LogP contribution in [-0.2, 0) is 18.0 Å². The van der Waals surface area contributed by atoms with Gasteiger partial charge in [-0.05, 0) is 63.2 Å². The van der Waals surface area contributed by atoms with Crippen LogP contribution >= 0.6 is 12.2 Å². The molecule has 7 nitrogen and oxygen atoms in total. The van der Waals surface area contributed by atoms with Crippen molar-refractivity contribution >= 4 is 18.1 Å². The lowest BCUT2D eigenvalue weighted by Gasteiger charge is -2.21. The second-order valence-corrected chi connectivity index (χ2v) is 9.29. The van der Waals surface area contributed by atoms with Crippen molar-refractivity contribution in [3.63, 3.8) is 0 Å². The molecule has 1 aromatic heterocycles. The zero-order valence-electron chi connectivity index (χ0n) is 18.6. The highest BCUT2D eigenvalue weighted by molar-refractivity contribution is 7.71. The number of carbonyl (C=O) groups is 1. The average molecular weight is 421 g/mol.